The summed E-state index contributed by atoms with van der Waals surface area (Å²) in [4.78, 5) is 4.50. The number of hydrogen-bond donors (Lipinski definition) is 1. The van der Waals surface area contributed by atoms with E-state index in [1.54, 1.807) is 6.26 Å². The Bertz CT molecular complexity index is 617. The van der Waals surface area contributed by atoms with Crippen LogP contribution in [0.1, 0.15) is 32.2 Å². The van der Waals surface area contributed by atoms with E-state index in [1.165, 1.54) is 11.5 Å². The zero-order valence-corrected chi connectivity index (χ0v) is 13.8. The van der Waals surface area contributed by atoms with Gasteiger partial charge < -0.3 is 5.32 Å². The molecule has 1 N–H and O–H groups in total. The van der Waals surface area contributed by atoms with Crippen molar-refractivity contribution in [3.05, 3.63) is 35.7 Å². The molecule has 0 spiro atoms. The van der Waals surface area contributed by atoms with Gasteiger partial charge in [0.2, 0.25) is 5.13 Å². The van der Waals surface area contributed by atoms with Crippen LogP contribution in [0.25, 0.3) is 0 Å². The van der Waals surface area contributed by atoms with Crippen LogP contribution >= 0.6 is 11.5 Å². The summed E-state index contributed by atoms with van der Waals surface area (Å²) in [6, 6.07) is 7.91. The maximum atomic E-state index is 11.3. The molecule has 1 aromatic heterocycles. The third-order valence-corrected chi connectivity index (χ3v) is 4.02. The Hall–Kier alpha value is -1.27. The summed E-state index contributed by atoms with van der Waals surface area (Å²) in [5, 5.41) is 4.04. The van der Waals surface area contributed by atoms with Gasteiger partial charge in [-0.2, -0.15) is 4.37 Å². The van der Waals surface area contributed by atoms with Crippen molar-refractivity contribution in [2.24, 2.45) is 0 Å². The largest absolute Gasteiger partial charge is 0.330 e. The number of benzene rings is 1. The topological polar surface area (TPSA) is 54.9 Å². The Morgan fingerprint density at radius 3 is 2.70 bits per heavy atom. The van der Waals surface area contributed by atoms with Crippen LogP contribution in [-0.4, -0.2) is 19.8 Å². The number of nitrogens with one attached hydrogen (secondary N) is 1. The van der Waals surface area contributed by atoms with Crippen molar-refractivity contribution in [2.75, 3.05) is 11.6 Å². The molecule has 1 aromatic carbocycles. The van der Waals surface area contributed by atoms with E-state index in [1.807, 2.05) is 24.3 Å². The van der Waals surface area contributed by atoms with Gasteiger partial charge >= 0.3 is 0 Å². The van der Waals surface area contributed by atoms with Crippen LogP contribution < -0.4 is 5.32 Å². The molecule has 0 bridgehead atoms. The van der Waals surface area contributed by atoms with Gasteiger partial charge in [0.1, 0.15) is 5.82 Å². The molecular weight excluding hydrogens is 290 g/mol. The third kappa shape index (κ3) is 4.11. The molecule has 1 heterocycles. The lowest BCUT2D eigenvalue weighted by Gasteiger charge is -2.12. The predicted octanol–water partition coefficient (Wildman–Crippen LogP) is 3.46. The van der Waals surface area contributed by atoms with Crippen LogP contribution in [0.4, 0.5) is 10.8 Å². The van der Waals surface area contributed by atoms with Crippen LogP contribution in [-0.2, 0) is 22.0 Å². The van der Waals surface area contributed by atoms with Gasteiger partial charge in [-0.05, 0) is 17.7 Å². The van der Waals surface area contributed by atoms with Gasteiger partial charge in [0, 0.05) is 45.4 Å². The highest BCUT2D eigenvalue weighted by atomic mass is 32.2. The van der Waals surface area contributed by atoms with Gasteiger partial charge in [-0.15, -0.1) is 0 Å². The summed E-state index contributed by atoms with van der Waals surface area (Å²) in [6.45, 7) is 6.28. The Labute approximate surface area is 126 Å². The number of hydrogen-bond acceptors (Lipinski definition) is 5. The quantitative estimate of drug-likeness (QED) is 0.939. The molecular formula is C14H19N3OS2. The average Bonchev–Trinajstić information content (AvgIpc) is 2.76. The summed E-state index contributed by atoms with van der Waals surface area (Å²) >= 11 is 1.36. The third-order valence-electron chi connectivity index (χ3n) is 2.65. The van der Waals surface area contributed by atoms with Gasteiger partial charge in [0.25, 0.3) is 0 Å². The first-order valence-corrected chi connectivity index (χ1v) is 8.85. The SMILES string of the molecule is CS(=O)Cc1cccc(Nc2nc(C(C)(C)C)ns2)c1. The standard InChI is InChI=1S/C14H19N3OS2/c1-14(2,3)12-16-13(19-17-12)15-11-7-5-6-10(8-11)9-20(4)18/h5-8H,9H2,1-4H3,(H,15,16,17). The fourth-order valence-corrected chi connectivity index (χ4v) is 3.10. The summed E-state index contributed by atoms with van der Waals surface area (Å²) < 4.78 is 15.6. The van der Waals surface area contributed by atoms with Gasteiger partial charge in [0.05, 0.1) is 0 Å². The highest BCUT2D eigenvalue weighted by Crippen LogP contribution is 2.25. The first kappa shape index (κ1) is 15.1. The van der Waals surface area contributed by atoms with E-state index in [2.05, 4.69) is 35.4 Å². The monoisotopic (exact) mass is 309 g/mol. The molecule has 108 valence electrons. The van der Waals surface area contributed by atoms with Crippen molar-refractivity contribution in [1.29, 1.82) is 0 Å². The Kier molecular flexibility index (Phi) is 4.55. The minimum absolute atomic E-state index is 0.0443. The molecule has 1 unspecified atom stereocenters. The van der Waals surface area contributed by atoms with Crippen LogP contribution in [0.5, 0.6) is 0 Å². The smallest absolute Gasteiger partial charge is 0.207 e. The highest BCUT2D eigenvalue weighted by molar-refractivity contribution is 7.83. The molecule has 0 aliphatic carbocycles. The fraction of sp³-hybridized carbons (Fsp3) is 0.429. The molecule has 0 fully saturated rings. The zero-order chi connectivity index (χ0) is 14.8. The molecule has 4 nitrogen and oxygen atoms in total. The molecule has 20 heavy (non-hydrogen) atoms. The number of nitrogens with zero attached hydrogens (tertiary/aromatic N) is 2. The summed E-state index contributed by atoms with van der Waals surface area (Å²) in [6.07, 6.45) is 1.71. The first-order valence-electron chi connectivity index (χ1n) is 6.35. The van der Waals surface area contributed by atoms with E-state index in [4.69, 9.17) is 0 Å². The van der Waals surface area contributed by atoms with Crippen molar-refractivity contribution < 1.29 is 4.21 Å². The maximum absolute atomic E-state index is 11.3. The lowest BCUT2D eigenvalue weighted by Crippen LogP contribution is -2.13. The second kappa shape index (κ2) is 6.01. The lowest BCUT2D eigenvalue weighted by molar-refractivity contribution is 0.555. The van der Waals surface area contributed by atoms with Crippen molar-refractivity contribution in [1.82, 2.24) is 9.36 Å². The van der Waals surface area contributed by atoms with Crippen LogP contribution in [0.15, 0.2) is 24.3 Å². The Morgan fingerprint density at radius 1 is 1.35 bits per heavy atom. The molecule has 0 amide bonds. The van der Waals surface area contributed by atoms with Crippen molar-refractivity contribution in [3.63, 3.8) is 0 Å². The number of aromatic nitrogens is 2. The van der Waals surface area contributed by atoms with E-state index < -0.39 is 10.8 Å². The molecule has 0 radical (unpaired) electrons. The van der Waals surface area contributed by atoms with E-state index in [-0.39, 0.29) is 5.41 Å². The minimum atomic E-state index is -0.832. The van der Waals surface area contributed by atoms with Gasteiger partial charge in [-0.3, -0.25) is 4.21 Å². The van der Waals surface area contributed by atoms with Crippen LogP contribution in [0, 0.1) is 0 Å². The number of anilines is 2. The molecule has 2 aromatic rings. The maximum Gasteiger partial charge on any atom is 0.207 e. The molecule has 2 rings (SSSR count). The fourth-order valence-electron chi connectivity index (χ4n) is 1.68. The van der Waals surface area contributed by atoms with Gasteiger partial charge in [-0.25, -0.2) is 4.98 Å². The summed E-state index contributed by atoms with van der Waals surface area (Å²) in [5.74, 6) is 1.41. The normalized spacial score (nSPS) is 13.2. The second-order valence-corrected chi connectivity index (χ2v) is 7.90. The first-order chi connectivity index (χ1) is 9.34. The predicted molar refractivity (Wildman–Crippen MR) is 86.1 cm³/mol. The van der Waals surface area contributed by atoms with Gasteiger partial charge in [-0.1, -0.05) is 32.9 Å². The summed E-state index contributed by atoms with van der Waals surface area (Å²) in [7, 11) is -0.832. The molecule has 0 saturated heterocycles. The zero-order valence-electron chi connectivity index (χ0n) is 12.1. The Morgan fingerprint density at radius 2 is 2.10 bits per heavy atom. The average molecular weight is 309 g/mol. The number of rotatable bonds is 4. The molecule has 1 atom stereocenters. The minimum Gasteiger partial charge on any atom is -0.330 e. The molecule has 6 heteroatoms. The van der Waals surface area contributed by atoms with E-state index >= 15 is 0 Å². The van der Waals surface area contributed by atoms with Crippen molar-refractivity contribution in [2.45, 2.75) is 31.9 Å². The molecule has 0 aliphatic rings. The highest BCUT2D eigenvalue weighted by Gasteiger charge is 2.19. The van der Waals surface area contributed by atoms with E-state index in [0.29, 0.717) is 5.75 Å². The molecule has 0 saturated carbocycles. The van der Waals surface area contributed by atoms with Crippen LogP contribution in [0.3, 0.4) is 0 Å². The Balaban J connectivity index is 2.14. The second-order valence-electron chi connectivity index (χ2n) is 5.72. The van der Waals surface area contributed by atoms with Crippen LogP contribution in [0.2, 0.25) is 0 Å². The van der Waals surface area contributed by atoms with Crippen molar-refractivity contribution >= 4 is 33.2 Å². The summed E-state index contributed by atoms with van der Waals surface area (Å²) in [5.41, 5.74) is 1.96. The molecule has 0 aliphatic heterocycles. The lowest BCUT2D eigenvalue weighted by atomic mass is 9.96. The van der Waals surface area contributed by atoms with E-state index in [9.17, 15) is 4.21 Å². The van der Waals surface area contributed by atoms with Gasteiger partial charge in [0.15, 0.2) is 0 Å². The van der Waals surface area contributed by atoms with Crippen molar-refractivity contribution in [3.8, 4) is 0 Å². The van der Waals surface area contributed by atoms with E-state index in [0.717, 1.165) is 22.2 Å².